The third kappa shape index (κ3) is 1.47. The van der Waals surface area contributed by atoms with Crippen LogP contribution in [-0.2, 0) is 7.05 Å². The monoisotopic (exact) mass is 207 g/mol. The maximum atomic E-state index is 10.6. The summed E-state index contributed by atoms with van der Waals surface area (Å²) >= 11 is 0. The Balaban J connectivity index is 2.50. The van der Waals surface area contributed by atoms with Crippen molar-refractivity contribution in [2.75, 3.05) is 0 Å². The molecule has 0 aliphatic heterocycles. The zero-order valence-corrected chi connectivity index (χ0v) is 8.28. The number of aryl methyl sites for hydroxylation is 1. The molecule has 0 spiro atoms. The molecular weight excluding hydrogens is 198 g/mol. The van der Waals surface area contributed by atoms with E-state index in [1.807, 2.05) is 0 Å². The minimum atomic E-state index is -0.449. The van der Waals surface area contributed by atoms with Crippen molar-refractivity contribution < 1.29 is 4.92 Å². The van der Waals surface area contributed by atoms with Crippen LogP contribution in [0.5, 0.6) is 0 Å². The highest BCUT2D eigenvalue weighted by Gasteiger charge is 2.17. The van der Waals surface area contributed by atoms with Crippen LogP contribution in [-0.4, -0.2) is 24.5 Å². The van der Waals surface area contributed by atoms with E-state index in [1.165, 1.54) is 10.9 Å². The minimum Gasteiger partial charge on any atom is -0.274 e. The van der Waals surface area contributed by atoms with Gasteiger partial charge in [0.1, 0.15) is 17.6 Å². The molecular formula is C8H9N5O2. The molecule has 0 saturated carbocycles. The summed E-state index contributed by atoms with van der Waals surface area (Å²) in [6, 6.07) is 0. The van der Waals surface area contributed by atoms with Gasteiger partial charge >= 0.3 is 5.69 Å². The molecule has 0 N–H and O–H groups in total. The summed E-state index contributed by atoms with van der Waals surface area (Å²) in [5.74, 6) is 0. The van der Waals surface area contributed by atoms with E-state index >= 15 is 0 Å². The van der Waals surface area contributed by atoms with Crippen molar-refractivity contribution in [3.05, 3.63) is 34.4 Å². The largest absolute Gasteiger partial charge is 0.310 e. The van der Waals surface area contributed by atoms with Crippen LogP contribution in [0.25, 0.3) is 5.69 Å². The Labute approximate surface area is 85.1 Å². The van der Waals surface area contributed by atoms with Gasteiger partial charge < -0.3 is 0 Å². The minimum absolute atomic E-state index is 0.0128. The molecule has 2 rings (SSSR count). The number of nitro groups is 1. The van der Waals surface area contributed by atoms with Gasteiger partial charge in [-0.05, 0) is 6.92 Å². The molecule has 2 aromatic heterocycles. The Hall–Kier alpha value is -2.18. The molecule has 2 aromatic rings. The lowest BCUT2D eigenvalue weighted by molar-refractivity contribution is -0.385. The summed E-state index contributed by atoms with van der Waals surface area (Å²) in [6.07, 6.45) is 4.58. The number of rotatable bonds is 2. The number of hydrogen-bond donors (Lipinski definition) is 0. The first-order valence-electron chi connectivity index (χ1n) is 4.27. The molecule has 0 aliphatic carbocycles. The van der Waals surface area contributed by atoms with Crippen molar-refractivity contribution >= 4 is 5.69 Å². The fourth-order valence-electron chi connectivity index (χ4n) is 1.36. The predicted octanol–water partition coefficient (Wildman–Crippen LogP) is 0.822. The number of aromatic nitrogens is 4. The standard InChI is InChI=1S/C8H9N5O2/c1-6-8(13(14)15)4-10-12(6)7-3-9-11(2)5-7/h3-5H,1-2H3. The van der Waals surface area contributed by atoms with E-state index in [-0.39, 0.29) is 5.69 Å². The molecule has 0 saturated heterocycles. The van der Waals surface area contributed by atoms with Gasteiger partial charge in [0, 0.05) is 7.05 Å². The van der Waals surface area contributed by atoms with Gasteiger partial charge in [-0.25, -0.2) is 4.68 Å². The summed E-state index contributed by atoms with van der Waals surface area (Å²) in [5.41, 5.74) is 1.22. The van der Waals surface area contributed by atoms with Crippen LogP contribution >= 0.6 is 0 Å². The smallest absolute Gasteiger partial charge is 0.274 e. The Morgan fingerprint density at radius 2 is 2.13 bits per heavy atom. The summed E-state index contributed by atoms with van der Waals surface area (Å²) in [6.45, 7) is 1.65. The molecule has 0 amide bonds. The fraction of sp³-hybridized carbons (Fsp3) is 0.250. The molecule has 0 unspecified atom stereocenters. The van der Waals surface area contributed by atoms with Crippen molar-refractivity contribution in [1.29, 1.82) is 0 Å². The predicted molar refractivity (Wildman–Crippen MR) is 51.7 cm³/mol. The summed E-state index contributed by atoms with van der Waals surface area (Å²) in [7, 11) is 1.77. The molecule has 0 aliphatic rings. The van der Waals surface area contributed by atoms with Gasteiger partial charge in [-0.2, -0.15) is 10.2 Å². The highest BCUT2D eigenvalue weighted by Crippen LogP contribution is 2.19. The van der Waals surface area contributed by atoms with E-state index in [9.17, 15) is 10.1 Å². The first kappa shape index (κ1) is 9.38. The Bertz CT molecular complexity index is 513. The van der Waals surface area contributed by atoms with Gasteiger partial charge in [-0.1, -0.05) is 0 Å². The first-order valence-corrected chi connectivity index (χ1v) is 4.27. The van der Waals surface area contributed by atoms with Gasteiger partial charge in [0.25, 0.3) is 0 Å². The molecule has 0 atom stereocenters. The average Bonchev–Trinajstić information content (AvgIpc) is 2.71. The lowest BCUT2D eigenvalue weighted by atomic mass is 10.4. The maximum absolute atomic E-state index is 10.6. The van der Waals surface area contributed by atoms with Crippen molar-refractivity contribution in [2.45, 2.75) is 6.92 Å². The lowest BCUT2D eigenvalue weighted by Crippen LogP contribution is -1.98. The summed E-state index contributed by atoms with van der Waals surface area (Å²) in [4.78, 5) is 10.2. The number of nitrogens with zero attached hydrogens (tertiary/aromatic N) is 5. The average molecular weight is 207 g/mol. The van der Waals surface area contributed by atoms with Crippen molar-refractivity contribution in [1.82, 2.24) is 19.6 Å². The molecule has 7 nitrogen and oxygen atoms in total. The normalized spacial score (nSPS) is 10.5. The van der Waals surface area contributed by atoms with Crippen LogP contribution in [0.15, 0.2) is 18.6 Å². The van der Waals surface area contributed by atoms with Gasteiger partial charge in [0.2, 0.25) is 0 Å². The highest BCUT2D eigenvalue weighted by atomic mass is 16.6. The van der Waals surface area contributed by atoms with E-state index in [0.717, 1.165) is 0 Å². The quantitative estimate of drug-likeness (QED) is 0.539. The van der Waals surface area contributed by atoms with Crippen LogP contribution in [0, 0.1) is 17.0 Å². The Morgan fingerprint density at radius 3 is 2.60 bits per heavy atom. The number of hydrogen-bond acceptors (Lipinski definition) is 4. The third-order valence-electron chi connectivity index (χ3n) is 2.12. The summed E-state index contributed by atoms with van der Waals surface area (Å²) < 4.78 is 3.10. The summed E-state index contributed by atoms with van der Waals surface area (Å²) in [5, 5.41) is 18.5. The van der Waals surface area contributed by atoms with Gasteiger partial charge in [0.15, 0.2) is 0 Å². The van der Waals surface area contributed by atoms with Crippen LogP contribution < -0.4 is 0 Å². The van der Waals surface area contributed by atoms with Gasteiger partial charge in [-0.15, -0.1) is 0 Å². The van der Waals surface area contributed by atoms with Crippen LogP contribution in [0.3, 0.4) is 0 Å². The SMILES string of the molecule is Cc1c([N+](=O)[O-])cnn1-c1cnn(C)c1. The molecule has 0 bridgehead atoms. The molecule has 7 heteroatoms. The Kier molecular flexibility index (Phi) is 2.00. The van der Waals surface area contributed by atoms with E-state index in [4.69, 9.17) is 0 Å². The maximum Gasteiger partial charge on any atom is 0.310 e. The zero-order chi connectivity index (χ0) is 11.0. The zero-order valence-electron chi connectivity index (χ0n) is 8.28. The highest BCUT2D eigenvalue weighted by molar-refractivity contribution is 5.38. The van der Waals surface area contributed by atoms with Crippen molar-refractivity contribution in [3.8, 4) is 5.69 Å². The van der Waals surface area contributed by atoms with E-state index in [0.29, 0.717) is 11.4 Å². The molecule has 0 fully saturated rings. The van der Waals surface area contributed by atoms with E-state index in [2.05, 4.69) is 10.2 Å². The van der Waals surface area contributed by atoms with E-state index < -0.39 is 4.92 Å². The van der Waals surface area contributed by atoms with Gasteiger partial charge in [-0.3, -0.25) is 14.8 Å². The molecule has 78 valence electrons. The molecule has 0 aromatic carbocycles. The van der Waals surface area contributed by atoms with Crippen molar-refractivity contribution in [2.24, 2.45) is 7.05 Å². The van der Waals surface area contributed by atoms with Crippen LogP contribution in [0.1, 0.15) is 5.69 Å². The lowest BCUT2D eigenvalue weighted by Gasteiger charge is -1.97. The van der Waals surface area contributed by atoms with E-state index in [1.54, 1.807) is 31.0 Å². The van der Waals surface area contributed by atoms with Crippen LogP contribution in [0.4, 0.5) is 5.69 Å². The fourth-order valence-corrected chi connectivity index (χ4v) is 1.36. The first-order chi connectivity index (χ1) is 7.09. The molecule has 0 radical (unpaired) electrons. The van der Waals surface area contributed by atoms with Crippen molar-refractivity contribution in [3.63, 3.8) is 0 Å². The molecule has 15 heavy (non-hydrogen) atoms. The van der Waals surface area contributed by atoms with Gasteiger partial charge in [0.05, 0.1) is 17.3 Å². The second kappa shape index (κ2) is 3.19. The second-order valence-corrected chi connectivity index (χ2v) is 3.16. The van der Waals surface area contributed by atoms with Crippen LogP contribution in [0.2, 0.25) is 0 Å². The third-order valence-corrected chi connectivity index (χ3v) is 2.12. The second-order valence-electron chi connectivity index (χ2n) is 3.16. The topological polar surface area (TPSA) is 78.8 Å². The Morgan fingerprint density at radius 1 is 1.40 bits per heavy atom. The molecule has 2 heterocycles.